The number of aromatic nitrogens is 1. The van der Waals surface area contributed by atoms with Crippen LogP contribution >= 0.6 is 39.1 Å². The summed E-state index contributed by atoms with van der Waals surface area (Å²) in [5.74, 6) is 2.86. The van der Waals surface area contributed by atoms with Crippen molar-refractivity contribution < 1.29 is 31.1 Å². The van der Waals surface area contributed by atoms with Gasteiger partial charge in [0, 0.05) is 37.5 Å². The van der Waals surface area contributed by atoms with Gasteiger partial charge in [-0.15, -0.1) is 0 Å². The van der Waals surface area contributed by atoms with Crippen molar-refractivity contribution in [2.24, 2.45) is 17.8 Å². The minimum Gasteiger partial charge on any atom is -0.496 e. The Labute approximate surface area is 896 Å². The van der Waals surface area contributed by atoms with Gasteiger partial charge in [0.25, 0.3) is 0 Å². The molecule has 1 aromatic heterocycles. The number of hydrogen-bond acceptors (Lipinski definition) is 2. The van der Waals surface area contributed by atoms with E-state index in [0.717, 1.165) is 63.2 Å². The number of hydrogen-bond donors (Lipinski definition) is 0. The summed E-state index contributed by atoms with van der Waals surface area (Å²) in [4.78, 5) is 4.08. The normalized spacial score (nSPS) is 13.0. The van der Waals surface area contributed by atoms with Crippen LogP contribution in [-0.2, 0) is 6.42 Å². The summed E-state index contributed by atoms with van der Waals surface area (Å²) in [6, 6.07) is 68.9. The summed E-state index contributed by atoms with van der Waals surface area (Å²) in [7, 11) is 1.70. The predicted octanol–water partition coefficient (Wildman–Crippen LogP) is 42.8. The highest BCUT2D eigenvalue weighted by Crippen LogP contribution is 2.42. The molecule has 0 radical (unpaired) electrons. The van der Waals surface area contributed by atoms with Gasteiger partial charge in [-0.25, -0.2) is 26.3 Å². The molecule has 790 valence electrons. The van der Waals surface area contributed by atoms with Crippen LogP contribution in [0.15, 0.2) is 235 Å². The first-order valence-corrected chi connectivity index (χ1v) is 53.5. The molecule has 0 bridgehead atoms. The zero-order chi connectivity index (χ0) is 110. The molecule has 0 spiro atoms. The summed E-state index contributed by atoms with van der Waals surface area (Å²) in [5.41, 5.74) is 36.8. The molecule has 2 nitrogen and oxygen atoms in total. The average molecular weight is 2090 g/mol. The van der Waals surface area contributed by atoms with E-state index in [0.29, 0.717) is 32.8 Å². The lowest BCUT2D eigenvalue weighted by atomic mass is 9.84. The highest BCUT2D eigenvalue weighted by molar-refractivity contribution is 9.10. The second-order valence-electron chi connectivity index (χ2n) is 40.5. The predicted molar refractivity (Wildman–Crippen MR) is 628 cm³/mol. The lowest BCUT2D eigenvalue weighted by Gasteiger charge is -2.22. The average Bonchev–Trinajstić information content (AvgIpc) is 1.68. The first-order valence-electron chi connectivity index (χ1n) is 51.9. The van der Waals surface area contributed by atoms with Crippen LogP contribution in [-0.4, -0.2) is 12.1 Å². The van der Waals surface area contributed by atoms with Crippen molar-refractivity contribution in [2.75, 3.05) is 7.11 Å². The fraction of sp³-hybridized carbons (Fsp3) is 0.410. The van der Waals surface area contributed by atoms with Crippen LogP contribution in [0.2, 0.25) is 10.0 Å². The van der Waals surface area contributed by atoms with E-state index in [1.807, 2.05) is 85.0 Å². The maximum Gasteiger partial charge on any atom is 0.129 e. The van der Waals surface area contributed by atoms with E-state index in [1.165, 1.54) is 256 Å². The zero-order valence-electron chi connectivity index (χ0n) is 95.8. The minimum atomic E-state index is -0.475. The first kappa shape index (κ1) is 133. The lowest BCUT2D eigenvalue weighted by Crippen LogP contribution is -2.08. The fourth-order valence-corrected chi connectivity index (χ4v) is 15.4. The summed E-state index contributed by atoms with van der Waals surface area (Å²) in [6.07, 6.45) is 23.7. The molecule has 3 aliphatic rings. The Morgan fingerprint density at radius 3 is 1.03 bits per heavy atom. The highest BCUT2D eigenvalue weighted by atomic mass is 79.9. The highest BCUT2D eigenvalue weighted by Gasteiger charge is 2.25. The molecule has 0 amide bonds. The van der Waals surface area contributed by atoms with Gasteiger partial charge < -0.3 is 4.74 Å². The summed E-state index contributed by atoms with van der Waals surface area (Å²) in [6.45, 7) is 73.5. The summed E-state index contributed by atoms with van der Waals surface area (Å²) < 4.78 is 82.0. The van der Waals surface area contributed by atoms with Gasteiger partial charge in [-0.3, -0.25) is 4.98 Å². The molecule has 0 aliphatic heterocycles. The third-order valence-corrected chi connectivity index (χ3v) is 27.0. The number of benzene rings is 12. The van der Waals surface area contributed by atoms with Gasteiger partial charge in [0.1, 0.15) is 40.7 Å². The van der Waals surface area contributed by atoms with Crippen LogP contribution in [0.25, 0.3) is 0 Å². The number of methoxy groups -OCH3 is 1. The van der Waals surface area contributed by atoms with E-state index >= 15 is 0 Å². The Kier molecular flexibility index (Phi) is 66.3. The molecule has 0 unspecified atom stereocenters. The summed E-state index contributed by atoms with van der Waals surface area (Å²) in [5, 5.41) is 1.35. The number of halogens is 9. The molecule has 16 rings (SSSR count). The maximum absolute atomic E-state index is 12.8. The monoisotopic (exact) mass is 2080 g/mol. The second-order valence-corrected chi connectivity index (χ2v) is 42.1. The molecule has 2 saturated carbocycles. The van der Waals surface area contributed by atoms with Crippen LogP contribution in [0.5, 0.6) is 5.75 Å². The molecule has 1 atom stereocenters. The van der Waals surface area contributed by atoms with Crippen molar-refractivity contribution in [1.82, 2.24) is 4.98 Å². The summed E-state index contributed by atoms with van der Waals surface area (Å²) >= 11 is 14.9. The largest absolute Gasteiger partial charge is 0.496 e. The fourth-order valence-electron chi connectivity index (χ4n) is 14.4. The molecule has 3 aliphatic carbocycles. The van der Waals surface area contributed by atoms with E-state index in [9.17, 15) is 26.3 Å². The van der Waals surface area contributed by atoms with Gasteiger partial charge in [-0.05, 0) is 459 Å². The molecule has 2 fully saturated rings. The van der Waals surface area contributed by atoms with Crippen LogP contribution in [0.3, 0.4) is 0 Å². The Hall–Kier alpha value is -10.0. The van der Waals surface area contributed by atoms with Gasteiger partial charge >= 0.3 is 0 Å². The van der Waals surface area contributed by atoms with Gasteiger partial charge in [0.2, 0.25) is 0 Å². The number of rotatable bonds is 6. The maximum atomic E-state index is 12.8. The third kappa shape index (κ3) is 58.9. The van der Waals surface area contributed by atoms with E-state index in [2.05, 4.69) is 320 Å². The molecular weight excluding hydrogens is 1900 g/mol. The number of allylic oxidation sites excluding steroid dienone is 2. The molecule has 12 aromatic carbocycles. The number of ether oxygens (including phenoxy) is 1. The Bertz CT molecular complexity index is 5360. The van der Waals surface area contributed by atoms with Crippen LogP contribution in [0, 0.1) is 253 Å². The lowest BCUT2D eigenvalue weighted by molar-refractivity contribution is 0.308. The molecule has 145 heavy (non-hydrogen) atoms. The molecule has 13 aromatic rings. The van der Waals surface area contributed by atoms with Crippen LogP contribution in [0.4, 0.5) is 26.3 Å². The smallest absolute Gasteiger partial charge is 0.129 e. The minimum absolute atomic E-state index is 0.0885. The van der Waals surface area contributed by atoms with E-state index in [4.69, 9.17) is 27.9 Å². The van der Waals surface area contributed by atoms with Crippen molar-refractivity contribution in [3.8, 4) is 5.75 Å². The van der Waals surface area contributed by atoms with Crippen molar-refractivity contribution in [3.05, 3.63) is 452 Å². The number of nitrogens with zero attached hydrogens (tertiary/aromatic N) is 1. The van der Waals surface area contributed by atoms with Crippen molar-refractivity contribution in [1.29, 1.82) is 0 Å². The van der Waals surface area contributed by atoms with Gasteiger partial charge in [-0.1, -0.05) is 323 Å². The van der Waals surface area contributed by atoms with E-state index < -0.39 is 11.6 Å². The number of aryl methyl sites for hydroxylation is 27. The van der Waals surface area contributed by atoms with Gasteiger partial charge in [-0.2, -0.15) is 0 Å². The van der Waals surface area contributed by atoms with Gasteiger partial charge in [0.05, 0.1) is 7.11 Å². The zero-order valence-corrected chi connectivity index (χ0v) is 98.9. The van der Waals surface area contributed by atoms with Crippen molar-refractivity contribution in [2.45, 2.75) is 345 Å². The van der Waals surface area contributed by atoms with E-state index in [1.54, 1.807) is 51.2 Å². The molecule has 11 heteroatoms. The quantitative estimate of drug-likeness (QED) is 0.0940. The Morgan fingerprint density at radius 2 is 0.662 bits per heavy atom. The SMILES string of the molecule is CC1=CC[C@H](C)CC1.CC1CCC(C)CC1.CCCCCC.CCc1cc(C)ccc1C.COc1cc(C)ccc1C.Cc1cc(C)c(C)c(C)c1.Cc1cc(F)c(C)c(Cl)c1.Cc1cc(F)c(C)c(F)c1.Cc1cc(F)c(C)cc1F.Cc1ccc(C)c(Br)c1.Cc1ccc(C)c(C)c1.Cc1ccc(C)c(C2CC2)c1.Cc1ccc(C)c(Cl)c1.Cc1ccc(C)c(F)c1.Cc1ccc(C)cc1.Cc1ccc(C)nc1. The van der Waals surface area contributed by atoms with Crippen molar-refractivity contribution >= 4 is 39.1 Å². The van der Waals surface area contributed by atoms with Gasteiger partial charge in [0.15, 0.2) is 0 Å². The molecular formula is C134H180BrCl2F6NO. The molecule has 1 heterocycles. The second kappa shape index (κ2) is 72.3. The third-order valence-electron chi connectivity index (χ3n) is 25.3. The first-order chi connectivity index (χ1) is 68.0. The Morgan fingerprint density at radius 1 is 0.297 bits per heavy atom. The molecule has 0 N–H and O–H groups in total. The Balaban J connectivity index is 0.000000774. The standard InChI is InChI=1S/C11H14.2C10H14.C9H12O.C9H12.C8H9Br.C8H8ClF.C8H9Cl.2C8H8F2.C8H9F.C8H16.C8H14.C8H10.C7H9N.C6H14/c1-8-3-4-9(2)11(7-8)10-5-6-10;1-7-5-8(2)10(4)9(3)6-7;1-4-10-7-8(2)5-6-9(10)3;1-7-4-5-8(2)9(6-7)10-3;1-7-4-5-8(2)9(3)6-7;1-6-3-4-7(2)8(9)5-6;1-5-3-7(9)6(2)8(10)4-5;1-6-3-4-7(2)8(9)5-6;1-5-3-8(10)6(2)4-7(5)9;1-5-3-7(9)6(2)8(10)4-5;1-6-3-4-7(2)8(9)5-6;3*1-7-3-5-8(2)6-4-7;1-6-3-4-7(2)8-5-6;1-3-5-6-4-2/h3-4,7,10H,5-6H2,1-2H3;5-6H,1-4H3;5-7H,4H2,1-3H3;4-6H,1-3H3;4-6H,1-3H3;3-5H,1-2H3;3-4H,1-2H3;3-5H,1-2H3;2*3-4H,1-2H3;3-5H,1-2H3;7-8H,3-6H2,1-2H3;3,8H,4-6H2,1-2H3;3-6H,1-2H3;3-5H,1-2H3;3-6H2,1-2H3/t;;;;;;;;;;;;8-;;;/m............0.../s1. The van der Waals surface area contributed by atoms with Crippen LogP contribution < -0.4 is 4.74 Å². The van der Waals surface area contributed by atoms with Crippen molar-refractivity contribution in [3.63, 3.8) is 0 Å². The number of pyridine rings is 1. The molecule has 0 saturated heterocycles. The topological polar surface area (TPSA) is 22.1 Å². The van der Waals surface area contributed by atoms with Crippen LogP contribution in [0.1, 0.15) is 310 Å². The number of unbranched alkanes of at least 4 members (excludes halogenated alkanes) is 3. The van der Waals surface area contributed by atoms with E-state index in [-0.39, 0.29) is 28.8 Å².